The van der Waals surface area contributed by atoms with Crippen LogP contribution in [0.5, 0.6) is 0 Å². The minimum Gasteiger partial charge on any atom is -0.420 e. The molecule has 1 aromatic carbocycles. The Balaban J connectivity index is 2.37. The van der Waals surface area contributed by atoms with E-state index in [1.54, 1.807) is 0 Å². The predicted molar refractivity (Wildman–Crippen MR) is 61.5 cm³/mol. The SMILES string of the molecule is CC(C)c1nnc(-c2cccc(Br)c2)o1. The van der Waals surface area contributed by atoms with Crippen molar-refractivity contribution in [3.05, 3.63) is 34.6 Å². The monoisotopic (exact) mass is 266 g/mol. The molecule has 0 aliphatic carbocycles. The van der Waals surface area contributed by atoms with Crippen molar-refractivity contribution in [3.8, 4) is 11.5 Å². The van der Waals surface area contributed by atoms with Crippen LogP contribution >= 0.6 is 15.9 Å². The molecule has 0 N–H and O–H groups in total. The Hall–Kier alpha value is -1.16. The maximum atomic E-state index is 5.54. The van der Waals surface area contributed by atoms with Gasteiger partial charge in [-0.15, -0.1) is 10.2 Å². The molecule has 15 heavy (non-hydrogen) atoms. The fourth-order valence-electron chi connectivity index (χ4n) is 1.21. The van der Waals surface area contributed by atoms with Crippen LogP contribution in [0.2, 0.25) is 0 Å². The zero-order valence-electron chi connectivity index (χ0n) is 8.57. The number of hydrogen-bond donors (Lipinski definition) is 0. The highest BCUT2D eigenvalue weighted by atomic mass is 79.9. The van der Waals surface area contributed by atoms with Gasteiger partial charge in [-0.1, -0.05) is 35.8 Å². The average molecular weight is 267 g/mol. The van der Waals surface area contributed by atoms with Gasteiger partial charge < -0.3 is 4.42 Å². The molecule has 0 aliphatic rings. The Kier molecular flexibility index (Phi) is 2.86. The van der Waals surface area contributed by atoms with E-state index >= 15 is 0 Å². The molecule has 4 heteroatoms. The first kappa shape index (κ1) is 10.4. The van der Waals surface area contributed by atoms with Crippen LogP contribution in [0.25, 0.3) is 11.5 Å². The summed E-state index contributed by atoms with van der Waals surface area (Å²) in [4.78, 5) is 0. The summed E-state index contributed by atoms with van der Waals surface area (Å²) < 4.78 is 6.55. The van der Waals surface area contributed by atoms with Gasteiger partial charge in [0.2, 0.25) is 11.8 Å². The van der Waals surface area contributed by atoms with Crippen molar-refractivity contribution in [2.45, 2.75) is 19.8 Å². The van der Waals surface area contributed by atoms with E-state index in [0.29, 0.717) is 11.8 Å². The molecule has 2 aromatic rings. The lowest BCUT2D eigenvalue weighted by molar-refractivity contribution is 0.481. The molecule has 0 amide bonds. The van der Waals surface area contributed by atoms with Gasteiger partial charge in [0.1, 0.15) is 0 Å². The second-order valence-corrected chi connectivity index (χ2v) is 4.53. The summed E-state index contributed by atoms with van der Waals surface area (Å²) in [7, 11) is 0. The predicted octanol–water partition coefficient (Wildman–Crippen LogP) is 3.62. The van der Waals surface area contributed by atoms with E-state index in [4.69, 9.17) is 4.42 Å². The summed E-state index contributed by atoms with van der Waals surface area (Å²) in [6.45, 7) is 4.05. The van der Waals surface area contributed by atoms with Crippen molar-refractivity contribution >= 4 is 15.9 Å². The largest absolute Gasteiger partial charge is 0.420 e. The van der Waals surface area contributed by atoms with Gasteiger partial charge in [0.25, 0.3) is 0 Å². The first-order valence-corrected chi connectivity index (χ1v) is 5.55. The van der Waals surface area contributed by atoms with Crippen LogP contribution in [-0.2, 0) is 0 Å². The van der Waals surface area contributed by atoms with Crippen LogP contribution in [0.1, 0.15) is 25.7 Å². The zero-order valence-corrected chi connectivity index (χ0v) is 10.2. The van der Waals surface area contributed by atoms with Crippen molar-refractivity contribution in [2.75, 3.05) is 0 Å². The quantitative estimate of drug-likeness (QED) is 0.834. The fraction of sp³-hybridized carbons (Fsp3) is 0.273. The molecule has 0 unspecified atom stereocenters. The molecule has 1 heterocycles. The van der Waals surface area contributed by atoms with Crippen LogP contribution in [0.4, 0.5) is 0 Å². The minimum atomic E-state index is 0.262. The summed E-state index contributed by atoms with van der Waals surface area (Å²) in [6, 6.07) is 7.81. The van der Waals surface area contributed by atoms with Crippen LogP contribution in [-0.4, -0.2) is 10.2 Å². The molecule has 0 bridgehead atoms. The standard InChI is InChI=1S/C11H11BrN2O/c1-7(2)10-13-14-11(15-10)8-4-3-5-9(12)6-8/h3-7H,1-2H3. The van der Waals surface area contributed by atoms with E-state index in [-0.39, 0.29) is 5.92 Å². The Morgan fingerprint density at radius 1 is 1.27 bits per heavy atom. The van der Waals surface area contributed by atoms with Crippen LogP contribution < -0.4 is 0 Å². The topological polar surface area (TPSA) is 38.9 Å². The van der Waals surface area contributed by atoms with E-state index in [9.17, 15) is 0 Å². The molecule has 0 saturated heterocycles. The second-order valence-electron chi connectivity index (χ2n) is 3.61. The third-order valence-electron chi connectivity index (χ3n) is 2.01. The molecule has 0 aliphatic heterocycles. The molecule has 1 aromatic heterocycles. The van der Waals surface area contributed by atoms with E-state index in [0.717, 1.165) is 10.0 Å². The molecule has 0 fully saturated rings. The molecule has 0 atom stereocenters. The van der Waals surface area contributed by atoms with Gasteiger partial charge >= 0.3 is 0 Å². The lowest BCUT2D eigenvalue weighted by Gasteiger charge is -1.96. The summed E-state index contributed by atoms with van der Waals surface area (Å²) in [5, 5.41) is 8.00. The first-order chi connectivity index (χ1) is 7.16. The number of halogens is 1. The third-order valence-corrected chi connectivity index (χ3v) is 2.50. The molecule has 0 radical (unpaired) electrons. The van der Waals surface area contributed by atoms with Gasteiger partial charge in [-0.05, 0) is 18.2 Å². The van der Waals surface area contributed by atoms with Crippen LogP contribution in [0.3, 0.4) is 0 Å². The normalized spacial score (nSPS) is 10.9. The van der Waals surface area contributed by atoms with Crippen LogP contribution in [0, 0.1) is 0 Å². The highest BCUT2D eigenvalue weighted by Gasteiger charge is 2.10. The van der Waals surface area contributed by atoms with Crippen molar-refractivity contribution in [1.29, 1.82) is 0 Å². The Morgan fingerprint density at radius 3 is 2.67 bits per heavy atom. The summed E-state index contributed by atoms with van der Waals surface area (Å²) in [6.07, 6.45) is 0. The molecule has 3 nitrogen and oxygen atoms in total. The van der Waals surface area contributed by atoms with Crippen molar-refractivity contribution in [1.82, 2.24) is 10.2 Å². The average Bonchev–Trinajstić information content (AvgIpc) is 2.66. The lowest BCUT2D eigenvalue weighted by Crippen LogP contribution is -1.85. The Morgan fingerprint density at radius 2 is 2.07 bits per heavy atom. The van der Waals surface area contributed by atoms with Gasteiger partial charge in [-0.25, -0.2) is 0 Å². The summed E-state index contributed by atoms with van der Waals surface area (Å²) in [5.41, 5.74) is 0.934. The van der Waals surface area contributed by atoms with Gasteiger partial charge in [-0.2, -0.15) is 0 Å². The third kappa shape index (κ3) is 2.26. The molecular weight excluding hydrogens is 256 g/mol. The highest BCUT2D eigenvalue weighted by Crippen LogP contribution is 2.23. The van der Waals surface area contributed by atoms with Crippen molar-refractivity contribution in [3.63, 3.8) is 0 Å². The summed E-state index contributed by atoms with van der Waals surface area (Å²) in [5.74, 6) is 1.50. The Labute approximate surface area is 96.7 Å². The maximum absolute atomic E-state index is 5.54. The maximum Gasteiger partial charge on any atom is 0.247 e. The minimum absolute atomic E-state index is 0.262. The molecule has 0 spiro atoms. The van der Waals surface area contributed by atoms with E-state index < -0.39 is 0 Å². The number of aromatic nitrogens is 2. The summed E-state index contributed by atoms with van der Waals surface area (Å²) >= 11 is 3.41. The van der Waals surface area contributed by atoms with Gasteiger partial charge in [0.15, 0.2) is 0 Å². The number of hydrogen-bond acceptors (Lipinski definition) is 3. The molecular formula is C11H11BrN2O. The molecule has 2 rings (SSSR count). The lowest BCUT2D eigenvalue weighted by atomic mass is 10.2. The van der Waals surface area contributed by atoms with Crippen molar-refractivity contribution in [2.24, 2.45) is 0 Å². The van der Waals surface area contributed by atoms with E-state index in [2.05, 4.69) is 26.1 Å². The second kappa shape index (κ2) is 4.14. The first-order valence-electron chi connectivity index (χ1n) is 4.76. The van der Waals surface area contributed by atoms with Crippen molar-refractivity contribution < 1.29 is 4.42 Å². The molecule has 0 saturated carbocycles. The van der Waals surface area contributed by atoms with Crippen LogP contribution in [0.15, 0.2) is 33.2 Å². The highest BCUT2D eigenvalue weighted by molar-refractivity contribution is 9.10. The number of rotatable bonds is 2. The van der Waals surface area contributed by atoms with E-state index in [1.807, 2.05) is 38.1 Å². The van der Waals surface area contributed by atoms with Gasteiger partial charge in [-0.3, -0.25) is 0 Å². The Bertz CT molecular complexity index is 465. The zero-order chi connectivity index (χ0) is 10.8. The smallest absolute Gasteiger partial charge is 0.247 e. The van der Waals surface area contributed by atoms with E-state index in [1.165, 1.54) is 0 Å². The van der Waals surface area contributed by atoms with Gasteiger partial charge in [0.05, 0.1) is 0 Å². The van der Waals surface area contributed by atoms with Gasteiger partial charge in [0, 0.05) is 16.0 Å². The number of nitrogens with zero attached hydrogens (tertiary/aromatic N) is 2. The number of benzene rings is 1. The fourth-order valence-corrected chi connectivity index (χ4v) is 1.61. The molecule has 78 valence electrons.